The van der Waals surface area contributed by atoms with Crippen LogP contribution in [0.25, 0.3) is 0 Å². The predicted molar refractivity (Wildman–Crippen MR) is 64.8 cm³/mol. The Morgan fingerprint density at radius 2 is 1.36 bits per heavy atom. The largest absolute Gasteiger partial charge is 0.284 e. The van der Waals surface area contributed by atoms with E-state index in [4.69, 9.17) is 0 Å². The van der Waals surface area contributed by atoms with Crippen molar-refractivity contribution in [3.63, 3.8) is 0 Å². The van der Waals surface area contributed by atoms with Gasteiger partial charge in [0.15, 0.2) is 0 Å². The first-order chi connectivity index (χ1) is 6.14. The highest BCUT2D eigenvalue weighted by Gasteiger charge is 2.34. The first kappa shape index (κ1) is 12.1. The lowest BCUT2D eigenvalue weighted by molar-refractivity contribution is -0.108. The zero-order valence-corrected chi connectivity index (χ0v) is 11.6. The summed E-state index contributed by atoms with van der Waals surface area (Å²) in [6, 6.07) is 0. The second-order valence-corrected chi connectivity index (χ2v) is 8.18. The van der Waals surface area contributed by atoms with E-state index >= 15 is 0 Å². The van der Waals surface area contributed by atoms with Crippen molar-refractivity contribution in [2.24, 2.45) is 10.8 Å². The minimum absolute atomic E-state index is 0.00377. The second-order valence-electron chi connectivity index (χ2n) is 5.73. The summed E-state index contributed by atoms with van der Waals surface area (Å²) in [5.41, 5.74) is 1.51. The molecule has 0 radical (unpaired) electrons. The molecule has 0 atom stereocenters. The summed E-state index contributed by atoms with van der Waals surface area (Å²) >= 11 is 0. The molecule has 0 amide bonds. The lowest BCUT2D eigenvalue weighted by Crippen LogP contribution is -2.19. The van der Waals surface area contributed by atoms with Crippen LogP contribution in [0.15, 0.2) is 10.9 Å². The third kappa shape index (κ3) is 2.33. The topological polar surface area (TPSA) is 17.1 Å². The molecule has 3 heteroatoms. The van der Waals surface area contributed by atoms with E-state index in [1.54, 1.807) is 0 Å². The van der Waals surface area contributed by atoms with Gasteiger partial charge in [0.2, 0.25) is 5.52 Å². The zero-order chi connectivity index (χ0) is 11.1. The van der Waals surface area contributed by atoms with Gasteiger partial charge in [0.25, 0.3) is 0 Å². The fraction of sp³-hybridized carbons (Fsp3) is 0.727. The predicted octanol–water partition coefficient (Wildman–Crippen LogP) is 4.68. The van der Waals surface area contributed by atoms with Gasteiger partial charge in [-0.15, -0.1) is 0 Å². The number of carbonyl (C=O) groups excluding carboxylic acids is 1. The van der Waals surface area contributed by atoms with Crippen LogP contribution in [0.1, 0.15) is 41.5 Å². The second kappa shape index (κ2) is 3.54. The van der Waals surface area contributed by atoms with Gasteiger partial charge in [-0.3, -0.25) is 4.79 Å². The van der Waals surface area contributed by atoms with Gasteiger partial charge in [-0.1, -0.05) is 41.5 Å². The fourth-order valence-corrected chi connectivity index (χ4v) is 5.23. The van der Waals surface area contributed by atoms with Gasteiger partial charge in [-0.05, 0) is 24.0 Å². The molecule has 0 aromatic rings. The lowest BCUT2D eigenvalue weighted by atomic mass is 9.81. The molecule has 0 aliphatic carbocycles. The van der Waals surface area contributed by atoms with Gasteiger partial charge in [0.05, 0.1) is 0 Å². The Hall–Kier alpha value is 0.01000. The molecule has 0 aromatic heterocycles. The van der Waals surface area contributed by atoms with E-state index in [0.29, 0.717) is 5.52 Å². The van der Waals surface area contributed by atoms with Crippen molar-refractivity contribution < 1.29 is 4.79 Å². The molecule has 0 bridgehead atoms. The van der Waals surface area contributed by atoms with Crippen LogP contribution in [-0.4, -0.2) is 5.52 Å². The van der Waals surface area contributed by atoms with Crippen molar-refractivity contribution in [3.8, 4) is 0 Å². The van der Waals surface area contributed by atoms with E-state index in [1.807, 2.05) is 0 Å². The molecule has 1 heterocycles. The van der Waals surface area contributed by atoms with Gasteiger partial charge in [0, 0.05) is 13.4 Å². The molecular formula is C11H18OP2. The summed E-state index contributed by atoms with van der Waals surface area (Å²) in [6.07, 6.45) is 0. The van der Waals surface area contributed by atoms with Gasteiger partial charge in [-0.2, -0.15) is 0 Å². The Labute approximate surface area is 89.8 Å². The molecule has 14 heavy (non-hydrogen) atoms. The molecule has 0 N–H and O–H groups in total. The summed E-state index contributed by atoms with van der Waals surface area (Å²) in [4.78, 5) is 11.8. The van der Waals surface area contributed by atoms with Crippen LogP contribution in [0.5, 0.6) is 0 Å². The summed E-state index contributed by atoms with van der Waals surface area (Å²) in [5.74, 6) is 0. The third-order valence-electron chi connectivity index (χ3n) is 2.15. The Morgan fingerprint density at radius 3 is 1.64 bits per heavy atom. The standard InChI is InChI=1S/C11H18OP2/c1-10(2,3)7-8(11(4,5)6)13-14-9(7)12/h1-6H3. The number of hydrogen-bond donors (Lipinski definition) is 0. The Kier molecular flexibility index (Phi) is 3.06. The molecule has 1 rings (SSSR count). The van der Waals surface area contributed by atoms with Crippen molar-refractivity contribution in [2.75, 3.05) is 0 Å². The monoisotopic (exact) mass is 228 g/mol. The first-order valence-corrected chi connectivity index (χ1v) is 7.35. The van der Waals surface area contributed by atoms with Crippen LogP contribution in [0.4, 0.5) is 0 Å². The lowest BCUT2D eigenvalue weighted by Gasteiger charge is -2.26. The van der Waals surface area contributed by atoms with Crippen molar-refractivity contribution >= 4 is 21.3 Å². The van der Waals surface area contributed by atoms with Gasteiger partial charge in [0.1, 0.15) is 0 Å². The van der Waals surface area contributed by atoms with E-state index in [-0.39, 0.29) is 10.8 Å². The molecule has 1 nitrogen and oxygen atoms in total. The van der Waals surface area contributed by atoms with Gasteiger partial charge >= 0.3 is 0 Å². The van der Waals surface area contributed by atoms with Crippen molar-refractivity contribution in [1.82, 2.24) is 0 Å². The van der Waals surface area contributed by atoms with Crippen LogP contribution >= 0.6 is 15.7 Å². The smallest absolute Gasteiger partial charge is 0.213 e. The maximum atomic E-state index is 11.8. The first-order valence-electron chi connectivity index (χ1n) is 4.85. The van der Waals surface area contributed by atoms with Gasteiger partial charge < -0.3 is 0 Å². The zero-order valence-electron chi connectivity index (χ0n) is 9.80. The summed E-state index contributed by atoms with van der Waals surface area (Å²) in [5, 5.41) is 1.33. The molecule has 0 aromatic carbocycles. The van der Waals surface area contributed by atoms with Crippen molar-refractivity contribution in [2.45, 2.75) is 41.5 Å². The van der Waals surface area contributed by atoms with Crippen LogP contribution in [0, 0.1) is 10.8 Å². The van der Waals surface area contributed by atoms with Crippen LogP contribution in [0.3, 0.4) is 0 Å². The average molecular weight is 228 g/mol. The molecule has 0 saturated heterocycles. The number of carbonyl (C=O) groups is 1. The van der Waals surface area contributed by atoms with E-state index in [0.717, 1.165) is 13.4 Å². The molecule has 78 valence electrons. The van der Waals surface area contributed by atoms with Crippen LogP contribution < -0.4 is 0 Å². The fourth-order valence-electron chi connectivity index (χ4n) is 1.50. The van der Waals surface area contributed by atoms with E-state index in [1.165, 1.54) is 13.2 Å². The molecule has 0 unspecified atom stereocenters. The molecule has 1 aliphatic heterocycles. The summed E-state index contributed by atoms with van der Waals surface area (Å²) < 4.78 is 0. The minimum Gasteiger partial charge on any atom is -0.284 e. The molecule has 0 fully saturated rings. The maximum absolute atomic E-state index is 11.8. The summed E-state index contributed by atoms with van der Waals surface area (Å²) in [6.45, 7) is 13.0. The quantitative estimate of drug-likeness (QED) is 0.550. The maximum Gasteiger partial charge on any atom is 0.213 e. The number of allylic oxidation sites excluding steroid dienone is 2. The van der Waals surface area contributed by atoms with E-state index in [9.17, 15) is 4.79 Å². The van der Waals surface area contributed by atoms with E-state index in [2.05, 4.69) is 41.5 Å². The SMILES string of the molecule is CC(C)(C)C1=C(C(C)(C)C)C(=O)P=P1. The van der Waals surface area contributed by atoms with Gasteiger partial charge in [-0.25, -0.2) is 0 Å². The Bertz CT molecular complexity index is 308. The highest BCUT2D eigenvalue weighted by molar-refractivity contribution is 7.96. The molecule has 0 saturated carbocycles. The molecular weight excluding hydrogens is 210 g/mol. The number of rotatable bonds is 0. The summed E-state index contributed by atoms with van der Waals surface area (Å²) in [7, 11) is 2.13. The van der Waals surface area contributed by atoms with Crippen molar-refractivity contribution in [3.05, 3.63) is 10.9 Å². The van der Waals surface area contributed by atoms with Crippen molar-refractivity contribution in [1.29, 1.82) is 0 Å². The Balaban J connectivity index is 3.29. The third-order valence-corrected chi connectivity index (χ3v) is 5.20. The molecule has 0 spiro atoms. The van der Waals surface area contributed by atoms with Crippen LogP contribution in [0.2, 0.25) is 0 Å². The van der Waals surface area contributed by atoms with E-state index < -0.39 is 0 Å². The molecule has 1 aliphatic rings. The normalized spacial score (nSPS) is 20.6. The minimum atomic E-state index is -0.00377. The highest BCUT2D eigenvalue weighted by atomic mass is 31.7. The average Bonchev–Trinajstić information content (AvgIpc) is 2.27. The Morgan fingerprint density at radius 1 is 0.857 bits per heavy atom. The van der Waals surface area contributed by atoms with Crippen LogP contribution in [-0.2, 0) is 4.79 Å². The highest BCUT2D eigenvalue weighted by Crippen LogP contribution is 2.52. The number of hydrogen-bond acceptors (Lipinski definition) is 1.